The Morgan fingerprint density at radius 3 is 2.70 bits per heavy atom. The first-order valence-corrected chi connectivity index (χ1v) is 11.5. The van der Waals surface area contributed by atoms with Crippen LogP contribution >= 0.6 is 11.3 Å². The molecule has 0 fully saturated rings. The van der Waals surface area contributed by atoms with Crippen molar-refractivity contribution in [3.8, 4) is 5.69 Å². The van der Waals surface area contributed by atoms with Crippen molar-refractivity contribution >= 4 is 33.2 Å². The van der Waals surface area contributed by atoms with E-state index < -0.39 is 0 Å². The van der Waals surface area contributed by atoms with Crippen LogP contribution in [-0.2, 0) is 12.8 Å². The molecule has 1 aliphatic rings. The number of hydrazone groups is 1. The molecule has 0 amide bonds. The highest BCUT2D eigenvalue weighted by molar-refractivity contribution is 7.18. The van der Waals surface area contributed by atoms with Crippen molar-refractivity contribution in [3.05, 3.63) is 51.1 Å². The number of benzene rings is 1. The van der Waals surface area contributed by atoms with Gasteiger partial charge in [0.2, 0.25) is 5.95 Å². The van der Waals surface area contributed by atoms with Crippen molar-refractivity contribution in [1.82, 2.24) is 9.55 Å². The summed E-state index contributed by atoms with van der Waals surface area (Å²) in [6.07, 6.45) is 3.93. The third-order valence-corrected chi connectivity index (χ3v) is 7.33. The number of rotatable bonds is 4. The van der Waals surface area contributed by atoms with Crippen LogP contribution in [0.2, 0.25) is 0 Å². The zero-order valence-corrected chi connectivity index (χ0v) is 19.3. The average molecular weight is 423 g/mol. The molecule has 1 atom stereocenters. The number of nitrogens with one attached hydrogen (secondary N) is 1. The Kier molecular flexibility index (Phi) is 5.53. The fraction of sp³-hybridized carbons (Fsp3) is 0.458. The summed E-state index contributed by atoms with van der Waals surface area (Å²) in [5.41, 5.74) is 6.28. The van der Waals surface area contributed by atoms with E-state index in [2.05, 4.69) is 38.2 Å². The van der Waals surface area contributed by atoms with E-state index in [1.807, 2.05) is 37.3 Å². The zero-order valence-electron chi connectivity index (χ0n) is 18.5. The molecule has 0 bridgehead atoms. The molecule has 2 aromatic heterocycles. The highest BCUT2D eigenvalue weighted by Gasteiger charge is 2.32. The monoisotopic (exact) mass is 422 g/mol. The van der Waals surface area contributed by atoms with Crippen LogP contribution in [0, 0.1) is 11.3 Å². The van der Waals surface area contributed by atoms with Crippen LogP contribution in [0.4, 0.5) is 5.95 Å². The second kappa shape index (κ2) is 7.99. The van der Waals surface area contributed by atoms with E-state index in [9.17, 15) is 4.79 Å². The lowest BCUT2D eigenvalue weighted by Gasteiger charge is -2.33. The summed E-state index contributed by atoms with van der Waals surface area (Å²) >= 11 is 1.68. The largest absolute Gasteiger partial charge is 0.268 e. The summed E-state index contributed by atoms with van der Waals surface area (Å²) in [6.45, 7) is 11.0. The number of aromatic nitrogens is 2. The minimum Gasteiger partial charge on any atom is -0.268 e. The summed E-state index contributed by atoms with van der Waals surface area (Å²) < 4.78 is 1.66. The van der Waals surface area contributed by atoms with E-state index in [4.69, 9.17) is 4.98 Å². The maximum absolute atomic E-state index is 13.7. The van der Waals surface area contributed by atoms with Crippen LogP contribution in [0.5, 0.6) is 0 Å². The summed E-state index contributed by atoms with van der Waals surface area (Å²) in [5, 5.41) is 5.21. The van der Waals surface area contributed by atoms with Gasteiger partial charge in [0.25, 0.3) is 5.56 Å². The number of nitrogens with zero attached hydrogens (tertiary/aromatic N) is 3. The standard InChI is InChI=1S/C24H30N4OS/c1-6-15(2)26-27-23-25-21-20(22(29)28(23)17-10-8-7-9-11-17)18-13-12-16(24(3,4)5)14-19(18)30-21/h7-11,16H,6,12-14H2,1-5H3,(H,25,27)/b26-15-/t16-/m1/s1. The van der Waals surface area contributed by atoms with Gasteiger partial charge in [0.05, 0.1) is 11.1 Å². The minimum absolute atomic E-state index is 0.00948. The highest BCUT2D eigenvalue weighted by atomic mass is 32.1. The van der Waals surface area contributed by atoms with Crippen LogP contribution in [-0.4, -0.2) is 15.3 Å². The first-order valence-electron chi connectivity index (χ1n) is 10.7. The molecule has 0 spiro atoms. The van der Waals surface area contributed by atoms with E-state index in [0.717, 1.165) is 47.3 Å². The van der Waals surface area contributed by atoms with E-state index in [-0.39, 0.29) is 11.0 Å². The minimum atomic E-state index is -0.00948. The lowest BCUT2D eigenvalue weighted by atomic mass is 9.72. The Morgan fingerprint density at radius 2 is 2.03 bits per heavy atom. The van der Waals surface area contributed by atoms with E-state index in [1.165, 1.54) is 10.4 Å². The predicted molar refractivity (Wildman–Crippen MR) is 127 cm³/mol. The predicted octanol–water partition coefficient (Wildman–Crippen LogP) is 5.80. The van der Waals surface area contributed by atoms with Gasteiger partial charge in [0.1, 0.15) is 4.83 Å². The normalized spacial score (nSPS) is 17.2. The Labute approximate surface area is 181 Å². The van der Waals surface area contributed by atoms with Crippen molar-refractivity contribution in [1.29, 1.82) is 0 Å². The van der Waals surface area contributed by atoms with Gasteiger partial charge < -0.3 is 0 Å². The maximum atomic E-state index is 13.7. The molecule has 4 rings (SSSR count). The smallest absolute Gasteiger partial charge is 0.268 e. The molecule has 158 valence electrons. The van der Waals surface area contributed by atoms with E-state index in [1.54, 1.807) is 15.9 Å². The number of fused-ring (bicyclic) bond motifs is 3. The van der Waals surface area contributed by atoms with Crippen LogP contribution in [0.3, 0.4) is 0 Å². The van der Waals surface area contributed by atoms with Gasteiger partial charge in [-0.25, -0.2) is 15.0 Å². The van der Waals surface area contributed by atoms with E-state index >= 15 is 0 Å². The van der Waals surface area contributed by atoms with Crippen molar-refractivity contribution in [2.24, 2.45) is 16.4 Å². The number of thiophene rings is 1. The number of hydrogen-bond donors (Lipinski definition) is 1. The number of hydrogen-bond acceptors (Lipinski definition) is 5. The number of aryl methyl sites for hydroxylation is 1. The second-order valence-corrected chi connectivity index (χ2v) is 10.3. The van der Waals surface area contributed by atoms with Gasteiger partial charge in [0.15, 0.2) is 0 Å². The molecule has 1 aliphatic carbocycles. The third-order valence-electron chi connectivity index (χ3n) is 6.18. The zero-order chi connectivity index (χ0) is 21.5. The quantitative estimate of drug-likeness (QED) is 0.427. The van der Waals surface area contributed by atoms with Crippen LogP contribution in [0.1, 0.15) is 57.9 Å². The van der Waals surface area contributed by atoms with Crippen molar-refractivity contribution in [3.63, 3.8) is 0 Å². The summed E-state index contributed by atoms with van der Waals surface area (Å²) in [6, 6.07) is 9.70. The number of anilines is 1. The Hall–Kier alpha value is -2.47. The molecule has 0 unspecified atom stereocenters. The third kappa shape index (κ3) is 3.81. The van der Waals surface area contributed by atoms with E-state index in [0.29, 0.717) is 11.9 Å². The molecule has 0 saturated carbocycles. The highest BCUT2D eigenvalue weighted by Crippen LogP contribution is 2.42. The van der Waals surface area contributed by atoms with Crippen molar-refractivity contribution in [2.75, 3.05) is 5.43 Å². The van der Waals surface area contributed by atoms with Gasteiger partial charge in [-0.3, -0.25) is 4.79 Å². The molecule has 5 nitrogen and oxygen atoms in total. The fourth-order valence-electron chi connectivity index (χ4n) is 4.08. The Morgan fingerprint density at radius 1 is 1.30 bits per heavy atom. The second-order valence-electron chi connectivity index (χ2n) is 9.21. The molecule has 1 N–H and O–H groups in total. The SMILES string of the molecule is CC/C(C)=N\Nc1nc2sc3c(c2c(=O)n1-c1ccccc1)CC[C@@H](C(C)(C)C)C3. The fourth-order valence-corrected chi connectivity index (χ4v) is 5.37. The number of para-hydroxylation sites is 1. The van der Waals surface area contributed by atoms with Crippen molar-refractivity contribution < 1.29 is 0 Å². The summed E-state index contributed by atoms with van der Waals surface area (Å²) in [7, 11) is 0. The molecule has 0 saturated heterocycles. The lowest BCUT2D eigenvalue weighted by Crippen LogP contribution is -2.27. The van der Waals surface area contributed by atoms with Gasteiger partial charge in [-0.1, -0.05) is 45.9 Å². The van der Waals surface area contributed by atoms with Crippen LogP contribution in [0.25, 0.3) is 15.9 Å². The summed E-state index contributed by atoms with van der Waals surface area (Å²) in [5.74, 6) is 1.10. The molecule has 1 aromatic carbocycles. The molecule has 2 heterocycles. The summed E-state index contributed by atoms with van der Waals surface area (Å²) in [4.78, 5) is 20.7. The van der Waals surface area contributed by atoms with Crippen molar-refractivity contribution in [2.45, 2.75) is 60.3 Å². The topological polar surface area (TPSA) is 59.3 Å². The molecule has 30 heavy (non-hydrogen) atoms. The first-order chi connectivity index (χ1) is 14.3. The molecular formula is C24H30N4OS. The lowest BCUT2D eigenvalue weighted by molar-refractivity contribution is 0.218. The van der Waals surface area contributed by atoms with Gasteiger partial charge in [0, 0.05) is 10.6 Å². The van der Waals surface area contributed by atoms with Crippen LogP contribution in [0.15, 0.2) is 40.2 Å². The average Bonchev–Trinajstić information content (AvgIpc) is 3.09. The maximum Gasteiger partial charge on any atom is 0.268 e. The van der Waals surface area contributed by atoms with Gasteiger partial charge in [-0.2, -0.15) is 5.10 Å². The van der Waals surface area contributed by atoms with Gasteiger partial charge >= 0.3 is 0 Å². The molecular weight excluding hydrogens is 392 g/mol. The van der Waals surface area contributed by atoms with Gasteiger partial charge in [-0.05, 0) is 61.6 Å². The van der Waals surface area contributed by atoms with Crippen LogP contribution < -0.4 is 11.0 Å². The molecule has 0 radical (unpaired) electrons. The Balaban J connectivity index is 1.90. The first kappa shape index (κ1) is 20.8. The Bertz CT molecular complexity index is 1150. The molecule has 0 aliphatic heterocycles. The molecule has 3 aromatic rings. The van der Waals surface area contributed by atoms with Gasteiger partial charge in [-0.15, -0.1) is 11.3 Å². The molecule has 6 heteroatoms.